The minimum absolute atomic E-state index is 0.00529. The van der Waals surface area contributed by atoms with Gasteiger partial charge in [0.15, 0.2) is 58.2 Å². The molecule has 0 amide bonds. The Kier molecular flexibility index (Phi) is 23.7. The third kappa shape index (κ3) is 22.1. The summed E-state index contributed by atoms with van der Waals surface area (Å²) in [4.78, 5) is 70.8. The highest BCUT2D eigenvalue weighted by Crippen LogP contribution is 2.39. The van der Waals surface area contributed by atoms with E-state index in [9.17, 15) is 0 Å². The summed E-state index contributed by atoms with van der Waals surface area (Å²) in [6.45, 7) is 25.0. The van der Waals surface area contributed by atoms with Crippen LogP contribution in [0.1, 0.15) is 167 Å². The van der Waals surface area contributed by atoms with Gasteiger partial charge >= 0.3 is 0 Å². The van der Waals surface area contributed by atoms with Gasteiger partial charge in [-0.15, -0.1) is 0 Å². The standard InChI is InChI=1S/2C28H23N3.2C27H23N3.C23H21N3/c1-19(2)26-29-27(23-15-8-14-22(18-23)20-10-4-3-5-11-20)31-28(30-26)25-17-9-13-21-12-6-7-16-24(21)25;1-19(2)26-29-27(24-14-8-13-23(17-24)20-9-4-3-5-10-20)31-28(30-26)25-16-15-21-11-6-7-12-22(21)18-25;1-17(2)25-28-26(23-14-8-10-19-9-4-5-12-21(19)23)30-27(29-25)24-16-15-18(3)20-11-6-7-13-22(20)24;1-17(2)25-28-26(21-14-13-19-8-4-5-9-20(19)16-21)30-27(29-25)24-15-12-18(3)22-10-6-7-11-23(22)24;1-15(2)21-24-22(18-10-8-16(3)9-11-18)26-23(25-21)20-13-12-17-6-4-5-7-19(17)14-20/h2*3-19H,1-2H3;2*4-17H,1-3H3;4-15H,1-3H3/i;;6D,7D,11D,13D,15D,16D;6D,7D,10D,11D,12D,15D;8D,9D,10D,11D. The van der Waals surface area contributed by atoms with Crippen molar-refractivity contribution in [1.82, 2.24) is 74.8 Å². The van der Waals surface area contributed by atoms with Crippen molar-refractivity contribution in [1.29, 1.82) is 0 Å². The second kappa shape index (κ2) is 44.1. The van der Waals surface area contributed by atoms with Crippen LogP contribution < -0.4 is 0 Å². The molecule has 0 unspecified atom stereocenters. The van der Waals surface area contributed by atoms with Crippen molar-refractivity contribution in [3.05, 3.63) is 464 Å². The lowest BCUT2D eigenvalue weighted by Gasteiger charge is -2.13. The summed E-state index contributed by atoms with van der Waals surface area (Å²) < 4.78 is 135. The number of hydrogen-bond donors (Lipinski definition) is 0. The van der Waals surface area contributed by atoms with Gasteiger partial charge < -0.3 is 0 Å². The van der Waals surface area contributed by atoms with Crippen LogP contribution in [0.15, 0.2) is 418 Å². The van der Waals surface area contributed by atoms with Crippen LogP contribution in [0.3, 0.4) is 0 Å². The van der Waals surface area contributed by atoms with Crippen LogP contribution in [0.5, 0.6) is 0 Å². The Bertz CT molecular complexity index is 9960. The SMILES string of the molecule is CC(C)c1nc(-c2cccc(-c3ccccc3)c2)nc(-c2ccc3ccccc3c2)n1.CC(C)c1nc(-c2cccc(-c3ccccc3)c2)nc(-c2cccc3ccccc23)n1.[2H]c1c([2H])c(-c2nc(-c3ccc4ccccc4c3)nc(C(C)C)n2)c([2H])c([2H])c1C.[2H]c1c([2H])c([2H])c2c(-c3nc(-c4ccc5ccccc5c4)nc(C(C)C)n3)c([2H])c([2H])c(C)c2c1[2H].[2H]c1c([2H])c([2H])c2c(-c3nc(-c4cccc5ccccc45)nc(C(C)C)n3)c([2H])c([2H])c(C)c2c1[2H]. The molecule has 24 aromatic rings. The van der Waals surface area contributed by atoms with Crippen LogP contribution >= 0.6 is 0 Å². The minimum atomic E-state index is -0.405. The molecule has 0 saturated carbocycles. The number of nitrogens with zero attached hydrogens (tertiary/aromatic N) is 15. The van der Waals surface area contributed by atoms with Crippen LogP contribution in [0.2, 0.25) is 0 Å². The zero-order chi connectivity index (χ0) is 116. The zero-order valence-electron chi connectivity index (χ0n) is 100. The number of aromatic nitrogens is 15. The van der Waals surface area contributed by atoms with E-state index < -0.39 is 12.1 Å². The van der Waals surface area contributed by atoms with Gasteiger partial charge in [-0.05, 0) is 160 Å². The molecule has 24 rings (SSSR count). The number of fused-ring (bicyclic) bond motifs is 7. The number of benzene rings is 19. The lowest BCUT2D eigenvalue weighted by atomic mass is 9.99. The van der Waals surface area contributed by atoms with Crippen molar-refractivity contribution in [2.75, 3.05) is 0 Å². The first-order valence-corrected chi connectivity index (χ1v) is 49.5. The third-order valence-electron chi connectivity index (χ3n) is 25.2. The van der Waals surface area contributed by atoms with E-state index in [1.165, 1.54) is 27.3 Å². The van der Waals surface area contributed by atoms with Crippen molar-refractivity contribution in [2.45, 2.75) is 120 Å². The maximum absolute atomic E-state index is 8.79. The second-order valence-corrected chi connectivity index (χ2v) is 37.6. The normalized spacial score (nSPS) is 12.8. The Morgan fingerprint density at radius 1 is 0.162 bits per heavy atom. The number of aryl methyl sites for hydroxylation is 2. The predicted molar refractivity (Wildman–Crippen MR) is 612 cm³/mol. The van der Waals surface area contributed by atoms with Crippen molar-refractivity contribution >= 4 is 75.4 Å². The fraction of sp³-hybridized carbons (Fsp3) is 0.135. The molecule has 0 aliphatic carbocycles. The molecule has 15 nitrogen and oxygen atoms in total. The molecule has 0 radical (unpaired) electrons. The number of rotatable bonds is 17. The molecule has 19 aromatic carbocycles. The fourth-order valence-electron chi connectivity index (χ4n) is 17.2. The summed E-state index contributed by atoms with van der Waals surface area (Å²) >= 11 is 0. The van der Waals surface area contributed by atoms with E-state index in [0.717, 1.165) is 105 Å². The molecule has 148 heavy (non-hydrogen) atoms. The van der Waals surface area contributed by atoms with Gasteiger partial charge in [-0.25, -0.2) is 74.8 Å². The van der Waals surface area contributed by atoms with Gasteiger partial charge in [0.1, 0.15) is 29.1 Å². The summed E-state index contributed by atoms with van der Waals surface area (Å²) in [5.41, 5.74) is 12.3. The smallest absolute Gasteiger partial charge is 0.164 e. The summed E-state index contributed by atoms with van der Waals surface area (Å²) in [5, 5.41) is 11.6. The van der Waals surface area contributed by atoms with Gasteiger partial charge in [-0.2, -0.15) is 0 Å². The third-order valence-corrected chi connectivity index (χ3v) is 25.2. The molecule has 0 N–H and O–H groups in total. The van der Waals surface area contributed by atoms with E-state index in [1.807, 2.05) is 181 Å². The van der Waals surface area contributed by atoms with Gasteiger partial charge in [0, 0.05) is 85.2 Å². The predicted octanol–water partition coefficient (Wildman–Crippen LogP) is 34.0. The molecule has 5 aromatic heterocycles. The molecule has 15 heteroatoms. The van der Waals surface area contributed by atoms with Crippen LogP contribution in [0.4, 0.5) is 0 Å². The molecule has 0 atom stereocenters. The molecule has 0 aliphatic rings. The molecular formula is C133H113N15. The molecule has 0 bridgehead atoms. The number of hydrogen-bond acceptors (Lipinski definition) is 15. The average Bonchev–Trinajstić information content (AvgIpc) is 0.727. The van der Waals surface area contributed by atoms with E-state index in [2.05, 4.69) is 245 Å². The summed E-state index contributed by atoms with van der Waals surface area (Å²) in [6, 6.07) is 105. The van der Waals surface area contributed by atoms with Gasteiger partial charge in [-0.1, -0.05) is 463 Å². The van der Waals surface area contributed by atoms with E-state index in [-0.39, 0.29) is 170 Å². The van der Waals surface area contributed by atoms with Crippen molar-refractivity contribution in [3.8, 4) is 136 Å². The first-order valence-electron chi connectivity index (χ1n) is 57.5. The Morgan fingerprint density at radius 2 is 0.412 bits per heavy atom. The van der Waals surface area contributed by atoms with E-state index in [4.69, 9.17) is 61.8 Å². The van der Waals surface area contributed by atoms with E-state index in [0.29, 0.717) is 69.1 Å². The highest BCUT2D eigenvalue weighted by atomic mass is 15.1. The van der Waals surface area contributed by atoms with Gasteiger partial charge in [0.2, 0.25) is 0 Å². The molecule has 720 valence electrons. The Labute approximate surface area is 886 Å². The molecule has 0 spiro atoms. The Hall–Kier alpha value is -18.0. The molecule has 0 aliphatic heterocycles. The lowest BCUT2D eigenvalue weighted by molar-refractivity contribution is 0.766. The molecule has 5 heterocycles. The summed E-state index contributed by atoms with van der Waals surface area (Å²) in [6.07, 6.45) is 0. The summed E-state index contributed by atoms with van der Waals surface area (Å²) in [5.74, 6) is 7.89. The minimum Gasteiger partial charge on any atom is -0.213 e. The second-order valence-electron chi connectivity index (χ2n) is 37.6. The maximum Gasteiger partial charge on any atom is 0.164 e. The lowest BCUT2D eigenvalue weighted by Crippen LogP contribution is -2.05. The van der Waals surface area contributed by atoms with Crippen LogP contribution in [0, 0.1) is 20.8 Å². The molecular weight excluding hydrogens is 1810 g/mol. The maximum atomic E-state index is 8.79. The van der Waals surface area contributed by atoms with Crippen LogP contribution in [-0.4, -0.2) is 74.8 Å². The first kappa shape index (κ1) is 79.5. The van der Waals surface area contributed by atoms with Gasteiger partial charge in [0.05, 0.1) is 21.9 Å². The van der Waals surface area contributed by atoms with E-state index in [1.54, 1.807) is 20.8 Å². The van der Waals surface area contributed by atoms with Crippen LogP contribution in [-0.2, 0) is 0 Å². The topological polar surface area (TPSA) is 193 Å². The van der Waals surface area contributed by atoms with Gasteiger partial charge in [0.25, 0.3) is 0 Å². The quantitative estimate of drug-likeness (QED) is 0.0835. The molecule has 0 saturated heterocycles. The monoisotopic (exact) mass is 1940 g/mol. The highest BCUT2D eigenvalue weighted by molar-refractivity contribution is 6.01. The Balaban J connectivity index is 0.000000122. The Morgan fingerprint density at radius 3 is 0.757 bits per heavy atom. The first-order chi connectivity index (χ1) is 78.8. The fourth-order valence-corrected chi connectivity index (χ4v) is 17.2. The molecule has 0 fully saturated rings. The van der Waals surface area contributed by atoms with Crippen LogP contribution in [0.25, 0.3) is 212 Å². The van der Waals surface area contributed by atoms with Crippen molar-refractivity contribution < 1.29 is 21.9 Å². The largest absolute Gasteiger partial charge is 0.213 e. The average molecular weight is 1940 g/mol. The zero-order valence-corrected chi connectivity index (χ0v) is 84.2. The van der Waals surface area contributed by atoms with Crippen molar-refractivity contribution in [3.63, 3.8) is 0 Å². The van der Waals surface area contributed by atoms with Crippen molar-refractivity contribution in [2.24, 2.45) is 0 Å². The highest BCUT2D eigenvalue weighted by Gasteiger charge is 2.23. The van der Waals surface area contributed by atoms with E-state index >= 15 is 0 Å². The van der Waals surface area contributed by atoms with Gasteiger partial charge in [-0.3, -0.25) is 0 Å². The summed E-state index contributed by atoms with van der Waals surface area (Å²) in [7, 11) is 0.